The summed E-state index contributed by atoms with van der Waals surface area (Å²) in [6.45, 7) is 4.22. The van der Waals surface area contributed by atoms with Crippen molar-refractivity contribution < 1.29 is 9.90 Å². The highest BCUT2D eigenvalue weighted by molar-refractivity contribution is 7.12. The molecule has 4 heteroatoms. The van der Waals surface area contributed by atoms with Crippen molar-refractivity contribution in [1.82, 2.24) is 4.98 Å². The summed E-state index contributed by atoms with van der Waals surface area (Å²) in [7, 11) is 0. The van der Waals surface area contributed by atoms with Gasteiger partial charge in [0.1, 0.15) is 0 Å². The van der Waals surface area contributed by atoms with E-state index < -0.39 is 5.97 Å². The van der Waals surface area contributed by atoms with Crippen LogP contribution in [0, 0.1) is 0 Å². The standard InChI is InChI=1S/C10H13NO2S/c1-3-7(2)10-11-6-8(14-10)4-5-9(12)13/h4-7H,3H2,1-2H3,(H,12,13)/b5-4+. The highest BCUT2D eigenvalue weighted by atomic mass is 32.1. The van der Waals surface area contributed by atoms with Crippen LogP contribution in [0.15, 0.2) is 12.3 Å². The lowest BCUT2D eigenvalue weighted by Crippen LogP contribution is -1.87. The van der Waals surface area contributed by atoms with E-state index in [9.17, 15) is 4.79 Å². The third-order valence-electron chi connectivity index (χ3n) is 1.97. The van der Waals surface area contributed by atoms with Gasteiger partial charge in [-0.3, -0.25) is 0 Å². The van der Waals surface area contributed by atoms with E-state index in [0.717, 1.165) is 22.4 Å². The molecule has 0 fully saturated rings. The van der Waals surface area contributed by atoms with Gasteiger partial charge in [0.15, 0.2) is 0 Å². The first-order valence-electron chi connectivity index (χ1n) is 4.50. The minimum atomic E-state index is -0.927. The Balaban J connectivity index is 2.73. The van der Waals surface area contributed by atoms with Gasteiger partial charge in [0, 0.05) is 23.1 Å². The molecule has 1 unspecified atom stereocenters. The molecule has 3 nitrogen and oxygen atoms in total. The summed E-state index contributed by atoms with van der Waals surface area (Å²) in [6.07, 6.45) is 5.47. The number of carboxylic acids is 1. The van der Waals surface area contributed by atoms with Crippen molar-refractivity contribution in [2.24, 2.45) is 0 Å². The van der Waals surface area contributed by atoms with Gasteiger partial charge >= 0.3 is 5.97 Å². The second-order valence-corrected chi connectivity index (χ2v) is 4.18. The fraction of sp³-hybridized carbons (Fsp3) is 0.400. The summed E-state index contributed by atoms with van der Waals surface area (Å²) in [4.78, 5) is 15.4. The molecule has 0 aromatic carbocycles. The molecule has 0 spiro atoms. The van der Waals surface area contributed by atoms with Gasteiger partial charge in [-0.25, -0.2) is 9.78 Å². The Bertz CT molecular complexity index is 344. The molecule has 1 N–H and O–H groups in total. The first-order chi connectivity index (χ1) is 6.63. The Labute approximate surface area is 87.1 Å². The molecular formula is C10H13NO2S. The second kappa shape index (κ2) is 4.91. The number of aliphatic carboxylic acids is 1. The second-order valence-electron chi connectivity index (χ2n) is 3.08. The van der Waals surface area contributed by atoms with Gasteiger partial charge < -0.3 is 5.11 Å². The van der Waals surface area contributed by atoms with E-state index in [1.54, 1.807) is 23.6 Å². The number of hydrogen-bond donors (Lipinski definition) is 1. The van der Waals surface area contributed by atoms with Crippen LogP contribution >= 0.6 is 11.3 Å². The maximum Gasteiger partial charge on any atom is 0.328 e. The predicted molar refractivity (Wildman–Crippen MR) is 57.5 cm³/mol. The summed E-state index contributed by atoms with van der Waals surface area (Å²) in [5, 5.41) is 9.50. The van der Waals surface area contributed by atoms with Crippen molar-refractivity contribution in [2.45, 2.75) is 26.2 Å². The number of thiazole rings is 1. The number of rotatable bonds is 4. The summed E-state index contributed by atoms with van der Waals surface area (Å²) in [5.41, 5.74) is 0. The van der Waals surface area contributed by atoms with Gasteiger partial charge in [0.2, 0.25) is 0 Å². The molecule has 76 valence electrons. The van der Waals surface area contributed by atoms with E-state index in [4.69, 9.17) is 5.11 Å². The first kappa shape index (κ1) is 10.9. The zero-order valence-electron chi connectivity index (χ0n) is 8.23. The topological polar surface area (TPSA) is 50.2 Å². The van der Waals surface area contributed by atoms with Gasteiger partial charge in [0.05, 0.1) is 5.01 Å². The molecule has 1 atom stereocenters. The summed E-state index contributed by atoms with van der Waals surface area (Å²) in [5.74, 6) is -0.476. The zero-order valence-corrected chi connectivity index (χ0v) is 9.04. The number of nitrogens with zero attached hydrogens (tertiary/aromatic N) is 1. The average molecular weight is 211 g/mol. The van der Waals surface area contributed by atoms with E-state index in [-0.39, 0.29) is 0 Å². The maximum absolute atomic E-state index is 10.3. The van der Waals surface area contributed by atoms with Gasteiger partial charge in [0.25, 0.3) is 0 Å². The van der Waals surface area contributed by atoms with E-state index in [2.05, 4.69) is 18.8 Å². The van der Waals surface area contributed by atoms with Crippen molar-refractivity contribution >= 4 is 23.4 Å². The molecule has 1 aromatic heterocycles. The molecule has 0 bridgehead atoms. The minimum absolute atomic E-state index is 0.451. The maximum atomic E-state index is 10.3. The van der Waals surface area contributed by atoms with E-state index in [1.807, 2.05) is 0 Å². The van der Waals surface area contributed by atoms with Crippen molar-refractivity contribution in [1.29, 1.82) is 0 Å². The van der Waals surface area contributed by atoms with E-state index in [1.165, 1.54) is 0 Å². The van der Waals surface area contributed by atoms with Crippen LogP contribution in [-0.4, -0.2) is 16.1 Å². The van der Waals surface area contributed by atoms with E-state index >= 15 is 0 Å². The molecular weight excluding hydrogens is 198 g/mol. The molecule has 0 aliphatic rings. The van der Waals surface area contributed by atoms with Crippen LogP contribution in [0.5, 0.6) is 0 Å². The van der Waals surface area contributed by atoms with Crippen LogP contribution in [0.2, 0.25) is 0 Å². The zero-order chi connectivity index (χ0) is 10.6. The van der Waals surface area contributed by atoms with Crippen LogP contribution < -0.4 is 0 Å². The number of aromatic nitrogens is 1. The summed E-state index contributed by atoms with van der Waals surface area (Å²) < 4.78 is 0. The first-order valence-corrected chi connectivity index (χ1v) is 5.32. The largest absolute Gasteiger partial charge is 0.478 e. The monoisotopic (exact) mass is 211 g/mol. The Kier molecular flexibility index (Phi) is 3.83. The molecule has 0 saturated heterocycles. The Morgan fingerprint density at radius 3 is 3.07 bits per heavy atom. The lowest BCUT2D eigenvalue weighted by Gasteiger charge is -2.00. The van der Waals surface area contributed by atoms with Gasteiger partial charge in [-0.05, 0) is 12.5 Å². The molecule has 1 rings (SSSR count). The quantitative estimate of drug-likeness (QED) is 0.779. The highest BCUT2D eigenvalue weighted by Crippen LogP contribution is 2.24. The SMILES string of the molecule is CCC(C)c1ncc(/C=C/C(=O)O)s1. The molecule has 0 amide bonds. The molecule has 1 heterocycles. The lowest BCUT2D eigenvalue weighted by molar-refractivity contribution is -0.131. The van der Waals surface area contributed by atoms with Gasteiger partial charge in [-0.1, -0.05) is 13.8 Å². The predicted octanol–water partition coefficient (Wildman–Crippen LogP) is 2.75. The van der Waals surface area contributed by atoms with Crippen molar-refractivity contribution in [3.63, 3.8) is 0 Å². The van der Waals surface area contributed by atoms with E-state index in [0.29, 0.717) is 5.92 Å². The van der Waals surface area contributed by atoms with Crippen molar-refractivity contribution in [2.75, 3.05) is 0 Å². The van der Waals surface area contributed by atoms with Crippen molar-refractivity contribution in [3.8, 4) is 0 Å². The number of carboxylic acid groups (broad SMARTS) is 1. The fourth-order valence-electron chi connectivity index (χ4n) is 0.934. The lowest BCUT2D eigenvalue weighted by atomic mass is 10.1. The fourth-order valence-corrected chi connectivity index (χ4v) is 1.89. The van der Waals surface area contributed by atoms with Crippen LogP contribution in [0.4, 0.5) is 0 Å². The number of hydrogen-bond acceptors (Lipinski definition) is 3. The van der Waals surface area contributed by atoms with Crippen LogP contribution in [0.1, 0.15) is 36.1 Å². The highest BCUT2D eigenvalue weighted by Gasteiger charge is 2.06. The third-order valence-corrected chi connectivity index (χ3v) is 3.16. The average Bonchev–Trinajstić information content (AvgIpc) is 2.62. The molecule has 14 heavy (non-hydrogen) atoms. The minimum Gasteiger partial charge on any atom is -0.478 e. The summed E-state index contributed by atoms with van der Waals surface area (Å²) >= 11 is 1.55. The normalized spacial score (nSPS) is 13.3. The molecule has 1 aromatic rings. The third kappa shape index (κ3) is 2.96. The van der Waals surface area contributed by atoms with Crippen LogP contribution in [0.3, 0.4) is 0 Å². The molecule has 0 radical (unpaired) electrons. The smallest absolute Gasteiger partial charge is 0.328 e. The summed E-state index contributed by atoms with van der Waals surface area (Å²) in [6, 6.07) is 0. The molecule has 0 aliphatic heterocycles. The Hall–Kier alpha value is -1.16. The van der Waals surface area contributed by atoms with Gasteiger partial charge in [-0.15, -0.1) is 11.3 Å². The Morgan fingerprint density at radius 1 is 1.79 bits per heavy atom. The number of carbonyl (C=O) groups is 1. The van der Waals surface area contributed by atoms with Crippen molar-refractivity contribution in [3.05, 3.63) is 22.2 Å². The Morgan fingerprint density at radius 2 is 2.50 bits per heavy atom. The van der Waals surface area contributed by atoms with Crippen LogP contribution in [-0.2, 0) is 4.79 Å². The molecule has 0 saturated carbocycles. The van der Waals surface area contributed by atoms with Crippen LogP contribution in [0.25, 0.3) is 6.08 Å². The molecule has 0 aliphatic carbocycles. The van der Waals surface area contributed by atoms with Gasteiger partial charge in [-0.2, -0.15) is 0 Å².